The second-order valence-corrected chi connectivity index (χ2v) is 6.64. The zero-order valence-corrected chi connectivity index (χ0v) is 15.9. The number of carbonyl (C=O) groups excluding carboxylic acids is 2. The number of nitrogens with zero attached hydrogens (tertiary/aromatic N) is 1. The van der Waals surface area contributed by atoms with E-state index in [-0.39, 0.29) is 18.7 Å². The van der Waals surface area contributed by atoms with E-state index in [1.165, 1.54) is 5.56 Å². The third-order valence-electron chi connectivity index (χ3n) is 4.43. The van der Waals surface area contributed by atoms with Gasteiger partial charge in [-0.15, -0.1) is 0 Å². The Labute approximate surface area is 165 Å². The lowest BCUT2D eigenvalue weighted by Gasteiger charge is -2.26. The van der Waals surface area contributed by atoms with E-state index in [9.17, 15) is 9.59 Å². The van der Waals surface area contributed by atoms with Crippen molar-refractivity contribution in [1.82, 2.24) is 5.01 Å². The highest BCUT2D eigenvalue weighted by Crippen LogP contribution is 2.13. The van der Waals surface area contributed by atoms with Gasteiger partial charge in [-0.05, 0) is 36.8 Å². The van der Waals surface area contributed by atoms with Gasteiger partial charge in [-0.3, -0.25) is 0 Å². The van der Waals surface area contributed by atoms with Gasteiger partial charge in [0.2, 0.25) is 0 Å². The number of carbonyl (C=O) groups is 1. The standard InChI is InChI=1S/C22H27N3O3/c23-20(17-26)16-21(15-19-12-5-2-6-13-19)25(24)22(27)28-14-8-7-11-18-9-3-1-4-10-18/h1-6,9-10,12-13,21H,7-8,11,14-16,23-24H2. The molecule has 0 saturated heterocycles. The fourth-order valence-corrected chi connectivity index (χ4v) is 2.91. The van der Waals surface area contributed by atoms with Gasteiger partial charge < -0.3 is 10.5 Å². The number of unbranched alkanes of at least 4 members (excludes halogenated alkanes) is 1. The first-order chi connectivity index (χ1) is 13.6. The molecule has 6 nitrogen and oxygen atoms in total. The highest BCUT2D eigenvalue weighted by Gasteiger charge is 2.23. The van der Waals surface area contributed by atoms with Crippen molar-refractivity contribution in [2.75, 3.05) is 6.61 Å². The Hall–Kier alpha value is -3.08. The molecule has 0 aliphatic heterocycles. The molecule has 6 heteroatoms. The summed E-state index contributed by atoms with van der Waals surface area (Å²) in [6.07, 6.45) is 2.56. The van der Waals surface area contributed by atoms with E-state index < -0.39 is 12.1 Å². The van der Waals surface area contributed by atoms with Crippen molar-refractivity contribution >= 4 is 12.0 Å². The van der Waals surface area contributed by atoms with Gasteiger partial charge in [0, 0.05) is 6.42 Å². The Bertz CT molecular complexity index is 774. The number of ether oxygens (including phenoxy) is 1. The second kappa shape index (κ2) is 11.6. The summed E-state index contributed by atoms with van der Waals surface area (Å²) in [7, 11) is 0. The Kier molecular flexibility index (Phi) is 8.79. The first-order valence-electron chi connectivity index (χ1n) is 9.38. The number of hydrazine groups is 1. The van der Waals surface area contributed by atoms with Crippen LogP contribution in [0.25, 0.3) is 0 Å². The molecule has 0 saturated carbocycles. The summed E-state index contributed by atoms with van der Waals surface area (Å²) in [5, 5.41) is 1.02. The molecule has 1 unspecified atom stereocenters. The zero-order chi connectivity index (χ0) is 20.2. The van der Waals surface area contributed by atoms with E-state index in [0.717, 1.165) is 29.8 Å². The summed E-state index contributed by atoms with van der Waals surface area (Å²) in [6, 6.07) is 19.2. The van der Waals surface area contributed by atoms with Gasteiger partial charge >= 0.3 is 6.09 Å². The number of amides is 1. The molecule has 0 aliphatic carbocycles. The van der Waals surface area contributed by atoms with Crippen LogP contribution >= 0.6 is 0 Å². The van der Waals surface area contributed by atoms with E-state index in [2.05, 4.69) is 12.1 Å². The highest BCUT2D eigenvalue weighted by molar-refractivity contribution is 5.67. The average Bonchev–Trinajstić information content (AvgIpc) is 2.73. The molecular weight excluding hydrogens is 354 g/mol. The van der Waals surface area contributed by atoms with Gasteiger partial charge in [0.1, 0.15) is 5.94 Å². The van der Waals surface area contributed by atoms with E-state index in [4.69, 9.17) is 16.3 Å². The number of rotatable bonds is 10. The third kappa shape index (κ3) is 7.27. The molecule has 2 aromatic rings. The Morgan fingerprint density at radius 3 is 2.21 bits per heavy atom. The van der Waals surface area contributed by atoms with Crippen molar-refractivity contribution in [2.45, 2.75) is 38.1 Å². The van der Waals surface area contributed by atoms with Crippen molar-refractivity contribution in [3.8, 4) is 0 Å². The fraction of sp³-hybridized carbons (Fsp3) is 0.318. The SMILES string of the molecule is NC(=C=O)CC(Cc1ccccc1)N(N)C(=O)OCCCCc1ccccc1. The minimum atomic E-state index is -0.626. The number of aryl methyl sites for hydroxylation is 1. The van der Waals surface area contributed by atoms with Gasteiger partial charge in [0.25, 0.3) is 0 Å². The van der Waals surface area contributed by atoms with Crippen LogP contribution in [0.5, 0.6) is 0 Å². The van der Waals surface area contributed by atoms with Crippen LogP contribution < -0.4 is 11.6 Å². The molecule has 1 amide bonds. The Morgan fingerprint density at radius 1 is 1.00 bits per heavy atom. The Morgan fingerprint density at radius 2 is 1.61 bits per heavy atom. The van der Waals surface area contributed by atoms with Crippen LogP contribution in [-0.2, 0) is 22.4 Å². The summed E-state index contributed by atoms with van der Waals surface area (Å²) in [6.45, 7) is 0.288. The smallest absolute Gasteiger partial charge is 0.424 e. The van der Waals surface area contributed by atoms with Crippen LogP contribution in [0.1, 0.15) is 30.4 Å². The van der Waals surface area contributed by atoms with Crippen molar-refractivity contribution in [2.24, 2.45) is 11.6 Å². The fourth-order valence-electron chi connectivity index (χ4n) is 2.91. The van der Waals surface area contributed by atoms with Crippen LogP contribution in [0.2, 0.25) is 0 Å². The van der Waals surface area contributed by atoms with Crippen LogP contribution in [0.4, 0.5) is 4.79 Å². The van der Waals surface area contributed by atoms with Crippen LogP contribution in [0, 0.1) is 0 Å². The summed E-state index contributed by atoms with van der Waals surface area (Å²) in [4.78, 5) is 23.1. The van der Waals surface area contributed by atoms with Gasteiger partial charge in [-0.25, -0.2) is 20.4 Å². The van der Waals surface area contributed by atoms with Gasteiger partial charge in [0.05, 0.1) is 18.3 Å². The number of hydrogen-bond acceptors (Lipinski definition) is 5. The minimum absolute atomic E-state index is 0.0204. The summed E-state index contributed by atoms with van der Waals surface area (Å²) < 4.78 is 5.29. The molecule has 2 aromatic carbocycles. The van der Waals surface area contributed by atoms with Crippen LogP contribution in [0.15, 0.2) is 66.4 Å². The lowest BCUT2D eigenvalue weighted by Crippen LogP contribution is -2.47. The van der Waals surface area contributed by atoms with Crippen molar-refractivity contribution in [3.05, 3.63) is 77.5 Å². The first kappa shape index (κ1) is 21.2. The average molecular weight is 381 g/mol. The maximum Gasteiger partial charge on any atom is 0.424 e. The molecule has 0 spiro atoms. The summed E-state index contributed by atoms with van der Waals surface area (Å²) in [5.74, 6) is 7.64. The maximum absolute atomic E-state index is 12.3. The van der Waals surface area contributed by atoms with Crippen molar-refractivity contribution < 1.29 is 14.3 Å². The molecule has 0 bridgehead atoms. The van der Waals surface area contributed by atoms with Crippen molar-refractivity contribution in [1.29, 1.82) is 0 Å². The van der Waals surface area contributed by atoms with Gasteiger partial charge in [-0.1, -0.05) is 60.7 Å². The lowest BCUT2D eigenvalue weighted by atomic mass is 10.0. The van der Waals surface area contributed by atoms with E-state index in [1.807, 2.05) is 48.5 Å². The largest absolute Gasteiger partial charge is 0.448 e. The predicted molar refractivity (Wildman–Crippen MR) is 109 cm³/mol. The van der Waals surface area contributed by atoms with Gasteiger partial charge in [0.15, 0.2) is 0 Å². The molecule has 148 valence electrons. The topological polar surface area (TPSA) is 98.7 Å². The highest BCUT2D eigenvalue weighted by atomic mass is 16.6. The van der Waals surface area contributed by atoms with E-state index >= 15 is 0 Å². The molecule has 0 fully saturated rings. The molecule has 0 radical (unpaired) electrons. The first-order valence-corrected chi connectivity index (χ1v) is 9.38. The molecule has 0 heterocycles. The summed E-state index contributed by atoms with van der Waals surface area (Å²) in [5.41, 5.74) is 7.88. The number of hydrogen-bond donors (Lipinski definition) is 2. The Balaban J connectivity index is 1.82. The third-order valence-corrected chi connectivity index (χ3v) is 4.43. The minimum Gasteiger partial charge on any atom is -0.448 e. The quantitative estimate of drug-likeness (QED) is 0.217. The van der Waals surface area contributed by atoms with Crippen LogP contribution in [-0.4, -0.2) is 29.7 Å². The normalized spacial score (nSPS) is 11.3. The molecule has 0 aromatic heterocycles. The molecular formula is C22H27N3O3. The molecule has 4 N–H and O–H groups in total. The molecule has 1 atom stereocenters. The molecule has 2 rings (SSSR count). The van der Waals surface area contributed by atoms with Crippen LogP contribution in [0.3, 0.4) is 0 Å². The summed E-state index contributed by atoms with van der Waals surface area (Å²) >= 11 is 0. The number of benzene rings is 2. The zero-order valence-electron chi connectivity index (χ0n) is 15.9. The van der Waals surface area contributed by atoms with Gasteiger partial charge in [-0.2, -0.15) is 0 Å². The predicted octanol–water partition coefficient (Wildman–Crippen LogP) is 3.00. The monoisotopic (exact) mass is 381 g/mol. The second-order valence-electron chi connectivity index (χ2n) is 6.64. The molecule has 0 aliphatic rings. The molecule has 28 heavy (non-hydrogen) atoms. The van der Waals surface area contributed by atoms with E-state index in [1.54, 1.807) is 5.94 Å². The lowest BCUT2D eigenvalue weighted by molar-refractivity contribution is 0.0842. The maximum atomic E-state index is 12.3. The number of nitrogens with two attached hydrogens (primary N) is 2. The van der Waals surface area contributed by atoms with E-state index in [0.29, 0.717) is 6.42 Å². The van der Waals surface area contributed by atoms with Crippen molar-refractivity contribution in [3.63, 3.8) is 0 Å².